The van der Waals surface area contributed by atoms with Gasteiger partial charge in [-0.1, -0.05) is 30.3 Å². The van der Waals surface area contributed by atoms with Gasteiger partial charge in [-0.2, -0.15) is 13.2 Å². The molecule has 4 N–H and O–H groups in total. The standard InChI is InChI=1S/C27H27F3N6O5/c28-27(29,30)23(16-4-2-1-3-5-16)34-25(39)20-6-7-21-24(32-20)36(17-9-11-35(21)13-17)26(40)33-22-12-19(8-10-31-22)41-15-18(38)14-37/h1-8,10,12,17-18,23,37-38H,9,11,13-15H2,(H,34,39)(H,31,33,40)/t17-,18?,23+/m0/s1. The Bertz CT molecular complexity index is 1410. The number of carbonyl (C=O) groups is 2. The molecule has 5 rings (SSSR count). The highest BCUT2D eigenvalue weighted by Crippen LogP contribution is 2.39. The molecule has 2 bridgehead atoms. The van der Waals surface area contributed by atoms with Crippen molar-refractivity contribution in [2.75, 3.05) is 41.4 Å². The van der Waals surface area contributed by atoms with E-state index in [0.29, 0.717) is 30.9 Å². The molecule has 1 fully saturated rings. The van der Waals surface area contributed by atoms with Crippen molar-refractivity contribution in [3.63, 3.8) is 0 Å². The molecule has 3 atom stereocenters. The molecule has 11 nitrogen and oxygen atoms in total. The van der Waals surface area contributed by atoms with Crippen molar-refractivity contribution in [3.8, 4) is 5.75 Å². The Morgan fingerprint density at radius 1 is 1.15 bits per heavy atom. The van der Waals surface area contributed by atoms with E-state index in [-0.39, 0.29) is 35.5 Å². The number of nitrogens with zero attached hydrogens (tertiary/aromatic N) is 4. The number of benzene rings is 1. The van der Waals surface area contributed by atoms with Crippen LogP contribution in [0.2, 0.25) is 0 Å². The van der Waals surface area contributed by atoms with Crippen LogP contribution in [0, 0.1) is 0 Å². The summed E-state index contributed by atoms with van der Waals surface area (Å²) >= 11 is 0. The molecular weight excluding hydrogens is 545 g/mol. The van der Waals surface area contributed by atoms with Crippen LogP contribution < -0.4 is 25.2 Å². The summed E-state index contributed by atoms with van der Waals surface area (Å²) in [6.07, 6.45) is -3.82. The van der Waals surface area contributed by atoms with E-state index < -0.39 is 36.9 Å². The molecule has 0 spiro atoms. The lowest BCUT2D eigenvalue weighted by Gasteiger charge is -2.35. The number of aliphatic hydroxyl groups is 2. The number of aromatic nitrogens is 2. The highest BCUT2D eigenvalue weighted by atomic mass is 19.4. The first kappa shape index (κ1) is 28.1. The minimum absolute atomic E-state index is 0.124. The number of rotatable bonds is 8. The van der Waals surface area contributed by atoms with Gasteiger partial charge in [0.1, 0.15) is 30.0 Å². The largest absolute Gasteiger partial charge is 0.491 e. The van der Waals surface area contributed by atoms with Crippen molar-refractivity contribution in [1.82, 2.24) is 15.3 Å². The Morgan fingerprint density at radius 2 is 1.93 bits per heavy atom. The molecule has 0 saturated carbocycles. The highest BCUT2D eigenvalue weighted by Gasteiger charge is 2.43. The van der Waals surface area contributed by atoms with E-state index in [9.17, 15) is 27.9 Å². The first-order chi connectivity index (χ1) is 19.6. The van der Waals surface area contributed by atoms with E-state index in [1.807, 2.05) is 10.2 Å². The number of hydrogen-bond acceptors (Lipinski definition) is 8. The number of alkyl halides is 3. The summed E-state index contributed by atoms with van der Waals surface area (Å²) in [5, 5.41) is 23.2. The Hall–Kier alpha value is -4.43. The molecule has 41 heavy (non-hydrogen) atoms. The molecule has 4 heterocycles. The van der Waals surface area contributed by atoms with Gasteiger partial charge in [0, 0.05) is 25.4 Å². The molecule has 14 heteroatoms. The van der Waals surface area contributed by atoms with Gasteiger partial charge in [0.25, 0.3) is 5.91 Å². The SMILES string of the molecule is O=C(N[C@H](c1ccccc1)C(F)(F)F)c1ccc2c(n1)N(C(=O)Nc1cc(OCC(O)CO)ccn1)[C@H]1CCN2C1. The van der Waals surface area contributed by atoms with Gasteiger partial charge in [0.2, 0.25) is 0 Å². The van der Waals surface area contributed by atoms with E-state index in [1.54, 1.807) is 12.1 Å². The topological polar surface area (TPSA) is 140 Å². The van der Waals surface area contributed by atoms with E-state index >= 15 is 0 Å². The van der Waals surface area contributed by atoms with Crippen molar-refractivity contribution in [2.45, 2.75) is 30.8 Å². The predicted molar refractivity (Wildman–Crippen MR) is 142 cm³/mol. The van der Waals surface area contributed by atoms with Crippen LogP contribution in [0.25, 0.3) is 0 Å². The average Bonchev–Trinajstić information content (AvgIpc) is 3.38. The van der Waals surface area contributed by atoms with Crippen molar-refractivity contribution < 1.29 is 37.7 Å². The van der Waals surface area contributed by atoms with Crippen LogP contribution in [0.1, 0.15) is 28.5 Å². The number of fused-ring (bicyclic) bond motifs is 4. The smallest absolute Gasteiger partial charge is 0.412 e. The first-order valence-corrected chi connectivity index (χ1v) is 12.8. The third-order valence-electron chi connectivity index (χ3n) is 6.76. The van der Waals surface area contributed by atoms with Gasteiger partial charge in [0.05, 0.1) is 18.3 Å². The van der Waals surface area contributed by atoms with Gasteiger partial charge >= 0.3 is 12.2 Å². The molecule has 1 unspecified atom stereocenters. The summed E-state index contributed by atoms with van der Waals surface area (Å²) < 4.78 is 46.9. The number of nitrogens with one attached hydrogen (secondary N) is 2. The number of aliphatic hydroxyl groups excluding tert-OH is 2. The summed E-state index contributed by atoms with van der Waals surface area (Å²) in [4.78, 5) is 38.3. The van der Waals surface area contributed by atoms with E-state index in [1.165, 1.54) is 53.6 Å². The van der Waals surface area contributed by atoms with Gasteiger partial charge in [0.15, 0.2) is 11.9 Å². The lowest BCUT2D eigenvalue weighted by Crippen LogP contribution is -2.48. The molecular formula is C27H27F3N6O5. The van der Waals surface area contributed by atoms with E-state index in [2.05, 4.69) is 15.3 Å². The van der Waals surface area contributed by atoms with Crippen LogP contribution in [-0.4, -0.2) is 76.7 Å². The summed E-state index contributed by atoms with van der Waals surface area (Å²) in [6.45, 7) is 0.512. The summed E-state index contributed by atoms with van der Waals surface area (Å²) in [6, 6.07) is 9.76. The van der Waals surface area contributed by atoms with Gasteiger partial charge in [-0.05, 0) is 30.2 Å². The zero-order chi connectivity index (χ0) is 29.1. The minimum Gasteiger partial charge on any atom is -0.491 e. The Balaban J connectivity index is 1.38. The van der Waals surface area contributed by atoms with Gasteiger partial charge in [-0.15, -0.1) is 0 Å². The third-order valence-corrected chi connectivity index (χ3v) is 6.76. The van der Waals surface area contributed by atoms with Crippen LogP contribution in [-0.2, 0) is 0 Å². The maximum atomic E-state index is 13.8. The Kier molecular flexibility index (Phi) is 7.94. The van der Waals surface area contributed by atoms with Crippen LogP contribution in [0.3, 0.4) is 0 Å². The zero-order valence-corrected chi connectivity index (χ0v) is 21.6. The second kappa shape index (κ2) is 11.6. The molecule has 3 amide bonds. The number of halogens is 3. The van der Waals surface area contributed by atoms with Crippen LogP contribution in [0.15, 0.2) is 60.8 Å². The zero-order valence-electron chi connectivity index (χ0n) is 21.6. The highest BCUT2D eigenvalue weighted by molar-refractivity contribution is 6.05. The number of anilines is 3. The molecule has 2 aliphatic heterocycles. The van der Waals surface area contributed by atoms with Crippen molar-refractivity contribution in [2.24, 2.45) is 0 Å². The van der Waals surface area contributed by atoms with Crippen molar-refractivity contribution in [1.29, 1.82) is 0 Å². The molecule has 0 radical (unpaired) electrons. The van der Waals surface area contributed by atoms with Gasteiger partial charge < -0.3 is 25.2 Å². The number of carbonyl (C=O) groups excluding carboxylic acids is 2. The molecule has 3 aromatic rings. The fourth-order valence-corrected chi connectivity index (χ4v) is 4.79. The van der Waals surface area contributed by atoms with Crippen molar-refractivity contribution >= 4 is 29.3 Å². The quantitative estimate of drug-likeness (QED) is 0.323. The monoisotopic (exact) mass is 572 g/mol. The second-order valence-corrected chi connectivity index (χ2v) is 9.61. The fraction of sp³-hybridized carbons (Fsp3) is 0.333. The summed E-state index contributed by atoms with van der Waals surface area (Å²) in [5.41, 5.74) is 0.176. The number of pyridine rings is 2. The Labute approximate surface area is 232 Å². The average molecular weight is 573 g/mol. The first-order valence-electron chi connectivity index (χ1n) is 12.8. The Morgan fingerprint density at radius 3 is 2.66 bits per heavy atom. The second-order valence-electron chi connectivity index (χ2n) is 9.61. The maximum Gasteiger partial charge on any atom is 0.412 e. The third kappa shape index (κ3) is 6.18. The minimum atomic E-state index is -4.75. The van der Waals surface area contributed by atoms with Crippen LogP contribution in [0.5, 0.6) is 5.75 Å². The molecule has 1 saturated heterocycles. The fourth-order valence-electron chi connectivity index (χ4n) is 4.79. The lowest BCUT2D eigenvalue weighted by atomic mass is 10.1. The number of hydrogen-bond donors (Lipinski definition) is 4. The molecule has 2 aliphatic rings. The van der Waals surface area contributed by atoms with E-state index in [4.69, 9.17) is 9.84 Å². The van der Waals surface area contributed by atoms with Crippen LogP contribution >= 0.6 is 0 Å². The number of amides is 3. The number of urea groups is 1. The van der Waals surface area contributed by atoms with Gasteiger partial charge in [-0.3, -0.25) is 15.0 Å². The maximum absolute atomic E-state index is 13.8. The lowest BCUT2D eigenvalue weighted by molar-refractivity contribution is -0.155. The number of ether oxygens (including phenoxy) is 1. The summed E-state index contributed by atoms with van der Waals surface area (Å²) in [7, 11) is 0. The normalized spacial score (nSPS) is 17.4. The van der Waals surface area contributed by atoms with Gasteiger partial charge in [-0.25, -0.2) is 14.8 Å². The molecule has 0 aliphatic carbocycles. The summed E-state index contributed by atoms with van der Waals surface area (Å²) in [5.74, 6) is -0.462. The molecule has 2 aromatic heterocycles. The predicted octanol–water partition coefficient (Wildman–Crippen LogP) is 2.87. The van der Waals surface area contributed by atoms with Crippen LogP contribution in [0.4, 0.5) is 35.3 Å². The molecule has 1 aromatic carbocycles. The van der Waals surface area contributed by atoms with E-state index in [0.717, 1.165) is 0 Å². The van der Waals surface area contributed by atoms with Crippen molar-refractivity contribution in [3.05, 3.63) is 72.1 Å². The molecule has 216 valence electrons.